The number of H-pyrrole nitrogens is 1. The number of anilines is 2. The SMILES string of the molecule is FC(F)(F)c1cc(Nc2ncnc3[nH]c(-c4ccc(Br)cc4)cc23)ccc1Cl. The van der Waals surface area contributed by atoms with Crippen molar-refractivity contribution in [1.29, 1.82) is 0 Å². The smallest absolute Gasteiger partial charge is 0.340 e. The average Bonchev–Trinajstić information content (AvgIpc) is 3.08. The number of hydrogen-bond acceptors (Lipinski definition) is 3. The van der Waals surface area contributed by atoms with Gasteiger partial charge >= 0.3 is 6.18 Å². The Balaban J connectivity index is 1.73. The molecule has 142 valence electrons. The maximum absolute atomic E-state index is 13.1. The highest BCUT2D eigenvalue weighted by atomic mass is 79.9. The van der Waals surface area contributed by atoms with Crippen molar-refractivity contribution in [2.75, 3.05) is 5.32 Å². The van der Waals surface area contributed by atoms with Crippen molar-refractivity contribution in [2.24, 2.45) is 0 Å². The summed E-state index contributed by atoms with van der Waals surface area (Å²) in [5, 5.41) is 3.22. The number of nitrogens with zero attached hydrogens (tertiary/aromatic N) is 2. The zero-order chi connectivity index (χ0) is 19.9. The molecule has 0 bridgehead atoms. The van der Waals surface area contributed by atoms with E-state index < -0.39 is 11.7 Å². The molecule has 4 rings (SSSR count). The summed E-state index contributed by atoms with van der Waals surface area (Å²) in [6.45, 7) is 0. The molecule has 0 fully saturated rings. The maximum atomic E-state index is 13.1. The van der Waals surface area contributed by atoms with E-state index in [1.165, 1.54) is 18.5 Å². The van der Waals surface area contributed by atoms with Gasteiger partial charge in [0, 0.05) is 15.9 Å². The first-order valence-electron chi connectivity index (χ1n) is 8.05. The van der Waals surface area contributed by atoms with Gasteiger partial charge in [-0.05, 0) is 42.0 Å². The normalized spacial score (nSPS) is 11.8. The van der Waals surface area contributed by atoms with Gasteiger partial charge in [-0.15, -0.1) is 0 Å². The first kappa shape index (κ1) is 18.8. The van der Waals surface area contributed by atoms with Crippen LogP contribution in [0.2, 0.25) is 5.02 Å². The molecule has 4 aromatic rings. The monoisotopic (exact) mass is 466 g/mol. The first-order chi connectivity index (χ1) is 13.3. The Morgan fingerprint density at radius 1 is 1.00 bits per heavy atom. The molecule has 2 heterocycles. The van der Waals surface area contributed by atoms with E-state index in [4.69, 9.17) is 11.6 Å². The van der Waals surface area contributed by atoms with E-state index >= 15 is 0 Å². The number of benzene rings is 2. The molecule has 0 aliphatic rings. The van der Waals surface area contributed by atoms with Crippen molar-refractivity contribution >= 4 is 50.1 Å². The van der Waals surface area contributed by atoms with Gasteiger partial charge in [-0.3, -0.25) is 0 Å². The van der Waals surface area contributed by atoms with E-state index in [1.54, 1.807) is 0 Å². The van der Waals surface area contributed by atoms with Gasteiger partial charge in [-0.1, -0.05) is 39.7 Å². The highest BCUT2D eigenvalue weighted by molar-refractivity contribution is 9.10. The Labute approximate surface area is 170 Å². The summed E-state index contributed by atoms with van der Waals surface area (Å²) in [6.07, 6.45) is -3.20. The number of fused-ring (bicyclic) bond motifs is 1. The molecule has 4 nitrogen and oxygen atoms in total. The van der Waals surface area contributed by atoms with Crippen molar-refractivity contribution in [1.82, 2.24) is 15.0 Å². The summed E-state index contributed by atoms with van der Waals surface area (Å²) in [5.41, 5.74) is 1.65. The van der Waals surface area contributed by atoms with Crippen LogP contribution in [0.15, 0.2) is 59.3 Å². The molecule has 9 heteroatoms. The van der Waals surface area contributed by atoms with Gasteiger partial charge in [-0.25, -0.2) is 9.97 Å². The second kappa shape index (κ2) is 7.10. The Morgan fingerprint density at radius 3 is 2.46 bits per heavy atom. The maximum Gasteiger partial charge on any atom is 0.417 e. The minimum absolute atomic E-state index is 0.225. The van der Waals surface area contributed by atoms with Gasteiger partial charge in [0.05, 0.1) is 16.0 Å². The number of halogens is 5. The van der Waals surface area contributed by atoms with Gasteiger partial charge in [0.15, 0.2) is 0 Å². The molecule has 0 spiro atoms. The zero-order valence-corrected chi connectivity index (χ0v) is 16.3. The minimum atomic E-state index is -4.54. The summed E-state index contributed by atoms with van der Waals surface area (Å²) < 4.78 is 40.2. The van der Waals surface area contributed by atoms with E-state index in [0.717, 1.165) is 21.8 Å². The van der Waals surface area contributed by atoms with Crippen molar-refractivity contribution in [3.8, 4) is 11.3 Å². The molecule has 2 aromatic heterocycles. The highest BCUT2D eigenvalue weighted by Crippen LogP contribution is 2.37. The molecule has 0 aliphatic heterocycles. The Bertz CT molecular complexity index is 1160. The van der Waals surface area contributed by atoms with Crippen LogP contribution in [0.3, 0.4) is 0 Å². The van der Waals surface area contributed by atoms with Crippen LogP contribution in [0.5, 0.6) is 0 Å². The lowest BCUT2D eigenvalue weighted by atomic mass is 10.1. The minimum Gasteiger partial charge on any atom is -0.340 e. The van der Waals surface area contributed by atoms with E-state index in [-0.39, 0.29) is 10.7 Å². The predicted molar refractivity (Wildman–Crippen MR) is 107 cm³/mol. The summed E-state index contributed by atoms with van der Waals surface area (Å²) in [4.78, 5) is 11.6. The molecular formula is C19H11BrClF3N4. The number of nitrogens with one attached hydrogen (secondary N) is 2. The zero-order valence-electron chi connectivity index (χ0n) is 14.0. The molecule has 2 N–H and O–H groups in total. The number of aromatic nitrogens is 3. The van der Waals surface area contributed by atoms with E-state index in [1.807, 2.05) is 30.3 Å². The number of hydrogen-bond donors (Lipinski definition) is 2. The third-order valence-electron chi connectivity index (χ3n) is 4.12. The third kappa shape index (κ3) is 3.70. The number of rotatable bonds is 3. The van der Waals surface area contributed by atoms with Crippen LogP contribution in [0, 0.1) is 0 Å². The van der Waals surface area contributed by atoms with Gasteiger partial charge in [0.1, 0.15) is 17.8 Å². The molecule has 0 atom stereocenters. The van der Waals surface area contributed by atoms with Crippen molar-refractivity contribution in [3.63, 3.8) is 0 Å². The molecule has 28 heavy (non-hydrogen) atoms. The standard InChI is InChI=1S/C19H11BrClF3N4/c20-11-3-1-10(2-4-11)16-8-13-17(25-9-26-18(13)28-16)27-12-5-6-15(21)14(7-12)19(22,23)24/h1-9H,(H2,25,26,27,28). The van der Waals surface area contributed by atoms with Gasteiger partial charge in [0.2, 0.25) is 0 Å². The quantitative estimate of drug-likeness (QED) is 0.348. The molecule has 0 saturated heterocycles. The summed E-state index contributed by atoms with van der Waals surface area (Å²) >= 11 is 9.07. The molecule has 0 radical (unpaired) electrons. The lowest BCUT2D eigenvalue weighted by molar-refractivity contribution is -0.137. The van der Waals surface area contributed by atoms with Crippen LogP contribution < -0.4 is 5.32 Å². The molecule has 0 amide bonds. The lowest BCUT2D eigenvalue weighted by Crippen LogP contribution is -2.06. The van der Waals surface area contributed by atoms with Crippen molar-refractivity contribution < 1.29 is 13.2 Å². The fourth-order valence-corrected chi connectivity index (χ4v) is 3.27. The van der Waals surface area contributed by atoms with Crippen molar-refractivity contribution in [3.05, 3.63) is 69.9 Å². The van der Waals surface area contributed by atoms with Crippen LogP contribution in [-0.2, 0) is 6.18 Å². The first-order valence-corrected chi connectivity index (χ1v) is 9.22. The fourth-order valence-electron chi connectivity index (χ4n) is 2.78. The highest BCUT2D eigenvalue weighted by Gasteiger charge is 2.33. The molecular weight excluding hydrogens is 457 g/mol. The predicted octanol–water partition coefficient (Wildman–Crippen LogP) is 6.80. The fraction of sp³-hybridized carbons (Fsp3) is 0.0526. The van der Waals surface area contributed by atoms with E-state index in [9.17, 15) is 13.2 Å². The van der Waals surface area contributed by atoms with Crippen LogP contribution in [0.1, 0.15) is 5.56 Å². The second-order valence-electron chi connectivity index (χ2n) is 5.99. The van der Waals surface area contributed by atoms with E-state index in [2.05, 4.69) is 36.2 Å². The Hall–Kier alpha value is -2.58. The Morgan fingerprint density at radius 2 is 1.75 bits per heavy atom. The topological polar surface area (TPSA) is 53.6 Å². The molecule has 0 saturated carbocycles. The van der Waals surface area contributed by atoms with Crippen LogP contribution in [0.25, 0.3) is 22.3 Å². The van der Waals surface area contributed by atoms with Gasteiger partial charge in [0.25, 0.3) is 0 Å². The molecule has 0 aliphatic carbocycles. The number of aromatic amines is 1. The summed E-state index contributed by atoms with van der Waals surface area (Å²) in [6, 6.07) is 13.2. The largest absolute Gasteiger partial charge is 0.417 e. The van der Waals surface area contributed by atoms with Crippen LogP contribution in [-0.4, -0.2) is 15.0 Å². The van der Waals surface area contributed by atoms with Gasteiger partial charge in [-0.2, -0.15) is 13.2 Å². The summed E-state index contributed by atoms with van der Waals surface area (Å²) in [7, 11) is 0. The summed E-state index contributed by atoms with van der Waals surface area (Å²) in [5.74, 6) is 0.389. The van der Waals surface area contributed by atoms with Crippen LogP contribution >= 0.6 is 27.5 Å². The lowest BCUT2D eigenvalue weighted by Gasteiger charge is -2.12. The van der Waals surface area contributed by atoms with Crippen molar-refractivity contribution in [2.45, 2.75) is 6.18 Å². The van der Waals surface area contributed by atoms with Gasteiger partial charge < -0.3 is 10.3 Å². The number of alkyl halides is 3. The third-order valence-corrected chi connectivity index (χ3v) is 4.97. The molecule has 0 unspecified atom stereocenters. The van der Waals surface area contributed by atoms with Crippen LogP contribution in [0.4, 0.5) is 24.7 Å². The molecule has 2 aromatic carbocycles. The second-order valence-corrected chi connectivity index (χ2v) is 7.31. The Kier molecular flexibility index (Phi) is 4.76. The van der Waals surface area contributed by atoms with E-state index in [0.29, 0.717) is 16.9 Å². The average molecular weight is 468 g/mol.